The van der Waals surface area contributed by atoms with E-state index in [-0.39, 0.29) is 17.9 Å². The number of aliphatic hydroxyl groups is 2. The van der Waals surface area contributed by atoms with Gasteiger partial charge in [0.25, 0.3) is 5.79 Å². The van der Waals surface area contributed by atoms with Gasteiger partial charge in [0, 0.05) is 6.20 Å². The van der Waals surface area contributed by atoms with Gasteiger partial charge in [-0.3, -0.25) is 4.68 Å². The van der Waals surface area contributed by atoms with Gasteiger partial charge in [0.05, 0.1) is 18.3 Å². The average molecular weight is 346 g/mol. The summed E-state index contributed by atoms with van der Waals surface area (Å²) in [5.74, 6) is -5.03. The number of nitrogens with zero attached hydrogens (tertiary/aromatic N) is 2. The van der Waals surface area contributed by atoms with Crippen molar-refractivity contribution in [2.24, 2.45) is 0 Å². The van der Waals surface area contributed by atoms with Gasteiger partial charge < -0.3 is 20.1 Å². The standard InChI is InChI=1S/C14H13F3N2O5/c15-14(16,17)13(22,23)8-24-11-3-1-9(2-4-11)6-19-7-10(5-18-19)12(20)21/h1-5,7,22-23H,6,8H2,(H,20,21). The summed E-state index contributed by atoms with van der Waals surface area (Å²) in [6.07, 6.45) is -2.70. The van der Waals surface area contributed by atoms with Crippen LogP contribution in [0, 0.1) is 0 Å². The fourth-order valence-corrected chi connectivity index (χ4v) is 1.70. The van der Waals surface area contributed by atoms with Gasteiger partial charge in [-0.2, -0.15) is 18.3 Å². The lowest BCUT2D eigenvalue weighted by Crippen LogP contribution is -2.49. The molecule has 3 N–H and O–H groups in total. The van der Waals surface area contributed by atoms with Crippen molar-refractivity contribution in [3.63, 3.8) is 0 Å². The lowest BCUT2D eigenvalue weighted by atomic mass is 10.2. The lowest BCUT2D eigenvalue weighted by Gasteiger charge is -2.24. The predicted molar refractivity (Wildman–Crippen MR) is 73.4 cm³/mol. The van der Waals surface area contributed by atoms with Crippen molar-refractivity contribution in [3.05, 3.63) is 47.8 Å². The number of halogens is 3. The van der Waals surface area contributed by atoms with E-state index in [0.29, 0.717) is 5.56 Å². The van der Waals surface area contributed by atoms with Crippen molar-refractivity contribution in [2.45, 2.75) is 18.5 Å². The van der Waals surface area contributed by atoms with Crippen LogP contribution in [0.3, 0.4) is 0 Å². The quantitative estimate of drug-likeness (QED) is 0.680. The predicted octanol–water partition coefficient (Wildman–Crippen LogP) is 1.25. The number of alkyl halides is 3. The third-order valence-electron chi connectivity index (χ3n) is 3.04. The Morgan fingerprint density at radius 3 is 2.33 bits per heavy atom. The molecule has 0 amide bonds. The zero-order valence-corrected chi connectivity index (χ0v) is 12.1. The van der Waals surface area contributed by atoms with Crippen molar-refractivity contribution < 1.29 is 38.0 Å². The van der Waals surface area contributed by atoms with E-state index in [2.05, 4.69) is 5.10 Å². The Hall–Kier alpha value is -2.59. The van der Waals surface area contributed by atoms with Gasteiger partial charge >= 0.3 is 12.1 Å². The van der Waals surface area contributed by atoms with E-state index >= 15 is 0 Å². The Bertz CT molecular complexity index is 710. The smallest absolute Gasteiger partial charge is 0.446 e. The summed E-state index contributed by atoms with van der Waals surface area (Å²) in [4.78, 5) is 10.7. The zero-order chi connectivity index (χ0) is 18.0. The van der Waals surface area contributed by atoms with Crippen LogP contribution in [-0.4, -0.2) is 49.6 Å². The molecule has 0 aliphatic carbocycles. The fourth-order valence-electron chi connectivity index (χ4n) is 1.70. The summed E-state index contributed by atoms with van der Waals surface area (Å²) in [6.45, 7) is -1.11. The normalized spacial score (nSPS) is 12.2. The van der Waals surface area contributed by atoms with Gasteiger partial charge in [0.15, 0.2) is 6.61 Å². The van der Waals surface area contributed by atoms with Gasteiger partial charge in [-0.1, -0.05) is 12.1 Å². The zero-order valence-electron chi connectivity index (χ0n) is 12.1. The number of carboxylic acid groups (broad SMARTS) is 1. The second kappa shape index (κ2) is 6.49. The molecular weight excluding hydrogens is 333 g/mol. The Kier molecular flexibility index (Phi) is 4.81. The number of carbonyl (C=O) groups is 1. The molecule has 1 aromatic heterocycles. The topological polar surface area (TPSA) is 105 Å². The molecule has 10 heteroatoms. The third kappa shape index (κ3) is 4.24. The molecule has 1 aromatic carbocycles. The molecular formula is C14H13F3N2O5. The summed E-state index contributed by atoms with van der Waals surface area (Å²) < 4.78 is 42.9. The molecule has 0 bridgehead atoms. The van der Waals surface area contributed by atoms with Crippen LogP contribution >= 0.6 is 0 Å². The molecule has 0 aliphatic rings. The molecule has 2 aromatic rings. The van der Waals surface area contributed by atoms with E-state index in [4.69, 9.17) is 20.1 Å². The summed E-state index contributed by atoms with van der Waals surface area (Å²) in [6, 6.07) is 5.76. The largest absolute Gasteiger partial charge is 0.488 e. The maximum Gasteiger partial charge on any atom is 0.446 e. The van der Waals surface area contributed by atoms with Crippen molar-refractivity contribution in [1.82, 2.24) is 9.78 Å². The fraction of sp³-hybridized carbons (Fsp3) is 0.286. The number of ether oxygens (including phenoxy) is 1. The summed E-state index contributed by atoms with van der Waals surface area (Å²) in [7, 11) is 0. The maximum absolute atomic E-state index is 12.3. The Balaban J connectivity index is 1.96. The lowest BCUT2D eigenvalue weighted by molar-refractivity contribution is -0.355. The number of aromatic carboxylic acids is 1. The third-order valence-corrected chi connectivity index (χ3v) is 3.04. The van der Waals surface area contributed by atoms with Gasteiger partial charge in [0.1, 0.15) is 5.75 Å². The molecule has 0 saturated carbocycles. The molecule has 0 aliphatic heterocycles. The van der Waals surface area contributed by atoms with Crippen LogP contribution in [0.2, 0.25) is 0 Å². The Labute approximate surface area is 133 Å². The Morgan fingerprint density at radius 1 is 1.21 bits per heavy atom. The maximum atomic E-state index is 12.3. The molecule has 0 radical (unpaired) electrons. The summed E-state index contributed by atoms with van der Waals surface area (Å²) in [5, 5.41) is 30.4. The van der Waals surface area contributed by atoms with Gasteiger partial charge in [0.2, 0.25) is 0 Å². The van der Waals surface area contributed by atoms with Crippen molar-refractivity contribution in [1.29, 1.82) is 0 Å². The molecule has 0 unspecified atom stereocenters. The van der Waals surface area contributed by atoms with Crippen LogP contribution in [0.25, 0.3) is 0 Å². The van der Waals surface area contributed by atoms with Crippen LogP contribution in [0.5, 0.6) is 5.75 Å². The van der Waals surface area contributed by atoms with Crippen molar-refractivity contribution in [2.75, 3.05) is 6.61 Å². The van der Waals surface area contributed by atoms with Crippen LogP contribution in [0.1, 0.15) is 15.9 Å². The molecule has 0 saturated heterocycles. The van der Waals surface area contributed by atoms with E-state index in [0.717, 1.165) is 0 Å². The minimum absolute atomic E-state index is 0.0159. The first-order valence-electron chi connectivity index (χ1n) is 6.57. The first-order valence-corrected chi connectivity index (χ1v) is 6.57. The van der Waals surface area contributed by atoms with Gasteiger partial charge in [-0.25, -0.2) is 4.79 Å². The van der Waals surface area contributed by atoms with E-state index < -0.39 is 24.5 Å². The van der Waals surface area contributed by atoms with E-state index in [1.807, 2.05) is 0 Å². The molecule has 2 rings (SSSR count). The number of benzene rings is 1. The van der Waals surface area contributed by atoms with Crippen LogP contribution in [-0.2, 0) is 6.54 Å². The second-order valence-corrected chi connectivity index (χ2v) is 4.98. The van der Waals surface area contributed by atoms with Crippen LogP contribution in [0.15, 0.2) is 36.7 Å². The van der Waals surface area contributed by atoms with E-state index in [9.17, 15) is 18.0 Å². The van der Waals surface area contributed by atoms with Gasteiger partial charge in [-0.15, -0.1) is 0 Å². The molecule has 0 atom stereocenters. The Morgan fingerprint density at radius 2 is 1.83 bits per heavy atom. The second-order valence-electron chi connectivity index (χ2n) is 4.98. The van der Waals surface area contributed by atoms with E-state index in [1.165, 1.54) is 41.3 Å². The SMILES string of the molecule is O=C(O)c1cnn(Cc2ccc(OCC(O)(O)C(F)(F)F)cc2)c1. The highest BCUT2D eigenvalue weighted by molar-refractivity contribution is 5.86. The molecule has 0 spiro atoms. The highest BCUT2D eigenvalue weighted by atomic mass is 19.4. The average Bonchev–Trinajstić information content (AvgIpc) is 2.94. The van der Waals surface area contributed by atoms with Crippen molar-refractivity contribution >= 4 is 5.97 Å². The highest BCUT2D eigenvalue weighted by Gasteiger charge is 2.53. The minimum Gasteiger partial charge on any atom is -0.488 e. The van der Waals surface area contributed by atoms with Crippen molar-refractivity contribution in [3.8, 4) is 5.75 Å². The first-order chi connectivity index (χ1) is 11.1. The highest BCUT2D eigenvalue weighted by Crippen LogP contribution is 2.28. The number of carboxylic acids is 1. The first kappa shape index (κ1) is 17.8. The van der Waals surface area contributed by atoms with Gasteiger partial charge in [-0.05, 0) is 17.7 Å². The molecule has 7 nitrogen and oxygen atoms in total. The van der Waals surface area contributed by atoms with E-state index in [1.54, 1.807) is 0 Å². The number of hydrogen-bond acceptors (Lipinski definition) is 5. The monoisotopic (exact) mass is 346 g/mol. The number of rotatable bonds is 6. The molecule has 24 heavy (non-hydrogen) atoms. The number of hydrogen-bond donors (Lipinski definition) is 3. The summed E-state index contributed by atoms with van der Waals surface area (Å²) in [5.41, 5.74) is 0.724. The molecule has 1 heterocycles. The molecule has 130 valence electrons. The minimum atomic E-state index is -5.23. The van der Waals surface area contributed by atoms with Crippen LogP contribution in [0.4, 0.5) is 13.2 Å². The van der Waals surface area contributed by atoms with Crippen LogP contribution < -0.4 is 4.74 Å². The molecule has 0 fully saturated rings. The summed E-state index contributed by atoms with van der Waals surface area (Å²) >= 11 is 0. The number of aromatic nitrogens is 2.